The van der Waals surface area contributed by atoms with Gasteiger partial charge in [-0.25, -0.2) is 4.98 Å². The van der Waals surface area contributed by atoms with Crippen molar-refractivity contribution in [3.8, 4) is 11.6 Å². The first-order chi connectivity index (χ1) is 7.86. The standard InChI is InChI=1S/C12H18N2O2/c15-11-2-1-6-14-12(11)16-9-5-10-3-7-13-8-4-10/h1-2,6,10,13,15H,3-5,7-9H2. The molecular formula is C12H18N2O2. The highest BCUT2D eigenvalue weighted by Crippen LogP contribution is 2.22. The first-order valence-electron chi connectivity index (χ1n) is 5.84. The zero-order chi connectivity index (χ0) is 11.2. The van der Waals surface area contributed by atoms with Crippen molar-refractivity contribution in [3.63, 3.8) is 0 Å². The zero-order valence-electron chi connectivity index (χ0n) is 9.35. The summed E-state index contributed by atoms with van der Waals surface area (Å²) < 4.78 is 5.46. The number of rotatable bonds is 4. The Kier molecular flexibility index (Phi) is 3.99. The maximum absolute atomic E-state index is 9.45. The van der Waals surface area contributed by atoms with Gasteiger partial charge in [0.15, 0.2) is 5.75 Å². The number of nitrogens with zero attached hydrogens (tertiary/aromatic N) is 1. The SMILES string of the molecule is Oc1cccnc1OCCC1CCNCC1. The van der Waals surface area contributed by atoms with Crippen LogP contribution in [0.15, 0.2) is 18.3 Å². The van der Waals surface area contributed by atoms with E-state index in [0.717, 1.165) is 25.4 Å². The van der Waals surface area contributed by atoms with Gasteiger partial charge in [-0.3, -0.25) is 0 Å². The molecule has 0 unspecified atom stereocenters. The minimum Gasteiger partial charge on any atom is -0.503 e. The van der Waals surface area contributed by atoms with Crippen molar-refractivity contribution in [2.24, 2.45) is 5.92 Å². The lowest BCUT2D eigenvalue weighted by molar-refractivity contribution is 0.237. The summed E-state index contributed by atoms with van der Waals surface area (Å²) in [6.45, 7) is 2.86. The number of hydrogen-bond acceptors (Lipinski definition) is 4. The monoisotopic (exact) mass is 222 g/mol. The van der Waals surface area contributed by atoms with Crippen LogP contribution in [0.1, 0.15) is 19.3 Å². The Bertz CT molecular complexity index is 325. The molecule has 0 spiro atoms. The van der Waals surface area contributed by atoms with Gasteiger partial charge in [0.2, 0.25) is 0 Å². The molecule has 1 aromatic rings. The molecule has 2 heterocycles. The molecule has 0 aromatic carbocycles. The van der Waals surface area contributed by atoms with E-state index in [0.29, 0.717) is 12.5 Å². The summed E-state index contributed by atoms with van der Waals surface area (Å²) in [5.41, 5.74) is 0. The van der Waals surface area contributed by atoms with E-state index < -0.39 is 0 Å². The van der Waals surface area contributed by atoms with E-state index in [1.807, 2.05) is 0 Å². The minimum atomic E-state index is 0.118. The van der Waals surface area contributed by atoms with E-state index in [1.54, 1.807) is 18.3 Å². The molecule has 0 bridgehead atoms. The Morgan fingerprint density at radius 1 is 1.44 bits per heavy atom. The Morgan fingerprint density at radius 2 is 2.25 bits per heavy atom. The Hall–Kier alpha value is -1.29. The first-order valence-corrected chi connectivity index (χ1v) is 5.84. The maximum atomic E-state index is 9.45. The molecule has 16 heavy (non-hydrogen) atoms. The molecule has 1 aliphatic heterocycles. The summed E-state index contributed by atoms with van der Waals surface area (Å²) in [4.78, 5) is 3.98. The molecule has 88 valence electrons. The quantitative estimate of drug-likeness (QED) is 0.811. The molecule has 2 rings (SSSR count). The molecule has 4 nitrogen and oxygen atoms in total. The number of pyridine rings is 1. The van der Waals surface area contributed by atoms with Crippen LogP contribution in [0.4, 0.5) is 0 Å². The number of aromatic hydroxyl groups is 1. The maximum Gasteiger partial charge on any atom is 0.256 e. The van der Waals surface area contributed by atoms with Crippen molar-refractivity contribution in [2.75, 3.05) is 19.7 Å². The smallest absolute Gasteiger partial charge is 0.256 e. The van der Waals surface area contributed by atoms with Gasteiger partial charge in [0.1, 0.15) is 0 Å². The predicted molar refractivity (Wildman–Crippen MR) is 61.6 cm³/mol. The third kappa shape index (κ3) is 3.10. The lowest BCUT2D eigenvalue weighted by Crippen LogP contribution is -2.28. The number of piperidine rings is 1. The number of nitrogens with one attached hydrogen (secondary N) is 1. The first kappa shape index (κ1) is 11.2. The molecule has 0 amide bonds. The Morgan fingerprint density at radius 3 is 3.00 bits per heavy atom. The number of aromatic nitrogens is 1. The fourth-order valence-corrected chi connectivity index (χ4v) is 1.99. The highest BCUT2D eigenvalue weighted by molar-refractivity contribution is 5.30. The number of ether oxygens (including phenoxy) is 1. The van der Waals surface area contributed by atoms with Crippen LogP contribution < -0.4 is 10.1 Å². The molecule has 2 N–H and O–H groups in total. The third-order valence-electron chi connectivity index (χ3n) is 2.97. The Labute approximate surface area is 95.7 Å². The van der Waals surface area contributed by atoms with Gasteiger partial charge in [0.25, 0.3) is 5.88 Å². The van der Waals surface area contributed by atoms with Crippen molar-refractivity contribution in [2.45, 2.75) is 19.3 Å². The normalized spacial score (nSPS) is 17.2. The van der Waals surface area contributed by atoms with Crippen LogP contribution >= 0.6 is 0 Å². The third-order valence-corrected chi connectivity index (χ3v) is 2.97. The largest absolute Gasteiger partial charge is 0.503 e. The van der Waals surface area contributed by atoms with Gasteiger partial charge in [-0.15, -0.1) is 0 Å². The summed E-state index contributed by atoms with van der Waals surface area (Å²) in [5, 5.41) is 12.8. The van der Waals surface area contributed by atoms with E-state index in [1.165, 1.54) is 12.8 Å². The molecule has 4 heteroatoms. The predicted octanol–water partition coefficient (Wildman–Crippen LogP) is 1.56. The summed E-state index contributed by atoms with van der Waals surface area (Å²) in [6, 6.07) is 3.28. The highest BCUT2D eigenvalue weighted by atomic mass is 16.5. The van der Waals surface area contributed by atoms with Crippen LogP contribution in [0.2, 0.25) is 0 Å². The lowest BCUT2D eigenvalue weighted by Gasteiger charge is -2.22. The van der Waals surface area contributed by atoms with Crippen molar-refractivity contribution in [1.29, 1.82) is 0 Å². The van der Waals surface area contributed by atoms with E-state index >= 15 is 0 Å². The van der Waals surface area contributed by atoms with Crippen molar-refractivity contribution >= 4 is 0 Å². The van der Waals surface area contributed by atoms with E-state index in [2.05, 4.69) is 10.3 Å². The lowest BCUT2D eigenvalue weighted by atomic mass is 9.95. The van der Waals surface area contributed by atoms with Crippen LogP contribution in [-0.4, -0.2) is 29.8 Å². The second-order valence-corrected chi connectivity index (χ2v) is 4.16. The zero-order valence-corrected chi connectivity index (χ0v) is 9.35. The van der Waals surface area contributed by atoms with Gasteiger partial charge in [-0.05, 0) is 50.4 Å². The summed E-state index contributed by atoms with van der Waals surface area (Å²) in [7, 11) is 0. The fraction of sp³-hybridized carbons (Fsp3) is 0.583. The van der Waals surface area contributed by atoms with Gasteiger partial charge < -0.3 is 15.2 Å². The molecule has 1 aromatic heterocycles. The molecule has 1 saturated heterocycles. The van der Waals surface area contributed by atoms with Gasteiger partial charge in [-0.2, -0.15) is 0 Å². The van der Waals surface area contributed by atoms with Gasteiger partial charge in [0, 0.05) is 6.20 Å². The van der Waals surface area contributed by atoms with E-state index in [9.17, 15) is 5.11 Å². The second kappa shape index (κ2) is 5.70. The summed E-state index contributed by atoms with van der Waals surface area (Å²) in [6.07, 6.45) is 5.10. The number of hydrogen-bond donors (Lipinski definition) is 2. The molecule has 1 fully saturated rings. The van der Waals surface area contributed by atoms with Crippen molar-refractivity contribution in [3.05, 3.63) is 18.3 Å². The fourth-order valence-electron chi connectivity index (χ4n) is 1.99. The van der Waals surface area contributed by atoms with Crippen molar-refractivity contribution in [1.82, 2.24) is 10.3 Å². The van der Waals surface area contributed by atoms with E-state index in [-0.39, 0.29) is 5.75 Å². The van der Waals surface area contributed by atoms with Crippen LogP contribution in [-0.2, 0) is 0 Å². The van der Waals surface area contributed by atoms with Crippen molar-refractivity contribution < 1.29 is 9.84 Å². The molecule has 0 atom stereocenters. The van der Waals surface area contributed by atoms with Gasteiger partial charge in [-0.1, -0.05) is 0 Å². The van der Waals surface area contributed by atoms with Crippen LogP contribution in [0.3, 0.4) is 0 Å². The van der Waals surface area contributed by atoms with Gasteiger partial charge >= 0.3 is 0 Å². The molecule has 0 radical (unpaired) electrons. The minimum absolute atomic E-state index is 0.118. The molecular weight excluding hydrogens is 204 g/mol. The topological polar surface area (TPSA) is 54.4 Å². The second-order valence-electron chi connectivity index (χ2n) is 4.16. The van der Waals surface area contributed by atoms with Gasteiger partial charge in [0.05, 0.1) is 6.61 Å². The van der Waals surface area contributed by atoms with Crippen LogP contribution in [0.25, 0.3) is 0 Å². The molecule has 1 aliphatic rings. The highest BCUT2D eigenvalue weighted by Gasteiger charge is 2.13. The van der Waals surface area contributed by atoms with E-state index in [4.69, 9.17) is 4.74 Å². The average molecular weight is 222 g/mol. The summed E-state index contributed by atoms with van der Waals surface area (Å²) >= 11 is 0. The van der Waals surface area contributed by atoms with Crippen LogP contribution in [0.5, 0.6) is 11.6 Å². The van der Waals surface area contributed by atoms with Crippen LogP contribution in [0, 0.1) is 5.92 Å². The molecule has 0 aliphatic carbocycles. The average Bonchev–Trinajstić information content (AvgIpc) is 2.33. The molecule has 0 saturated carbocycles. The summed E-state index contributed by atoms with van der Waals surface area (Å²) in [5.74, 6) is 1.20. The Balaban J connectivity index is 1.73.